The van der Waals surface area contributed by atoms with E-state index in [9.17, 15) is 0 Å². The maximum atomic E-state index is 3.38. The summed E-state index contributed by atoms with van der Waals surface area (Å²) in [6.07, 6.45) is 2.67. The van der Waals surface area contributed by atoms with Crippen molar-refractivity contribution in [2.75, 3.05) is 27.7 Å². The van der Waals surface area contributed by atoms with Crippen LogP contribution in [0.5, 0.6) is 0 Å². The summed E-state index contributed by atoms with van der Waals surface area (Å²) in [5, 5.41) is 3.38. The third-order valence-corrected chi connectivity index (χ3v) is 4.44. The summed E-state index contributed by atoms with van der Waals surface area (Å²) in [6, 6.07) is 9.78. The normalized spacial score (nSPS) is 18.9. The molecule has 0 aromatic heterocycles. The maximum absolute atomic E-state index is 3.38. The van der Waals surface area contributed by atoms with E-state index >= 15 is 0 Å². The van der Waals surface area contributed by atoms with E-state index in [0.717, 1.165) is 6.54 Å². The smallest absolute Gasteiger partial charge is 0.0410 e. The van der Waals surface area contributed by atoms with Crippen LogP contribution in [0.4, 0.5) is 0 Å². The quantitative estimate of drug-likeness (QED) is 0.843. The van der Waals surface area contributed by atoms with Crippen LogP contribution in [0.15, 0.2) is 24.3 Å². The van der Waals surface area contributed by atoms with Gasteiger partial charge in [-0.25, -0.2) is 0 Å². The topological polar surface area (TPSA) is 15.3 Å². The van der Waals surface area contributed by atoms with Gasteiger partial charge in [-0.15, -0.1) is 0 Å². The van der Waals surface area contributed by atoms with E-state index in [2.05, 4.69) is 69.5 Å². The molecule has 0 amide bonds. The minimum absolute atomic E-state index is 0.442. The highest BCUT2D eigenvalue weighted by Gasteiger charge is 2.50. The molecule has 0 bridgehead atoms. The van der Waals surface area contributed by atoms with Crippen molar-refractivity contribution in [3.8, 4) is 0 Å². The molecule has 1 atom stereocenters. The monoisotopic (exact) mass is 260 g/mol. The van der Waals surface area contributed by atoms with E-state index in [1.807, 2.05) is 0 Å². The third kappa shape index (κ3) is 3.01. The first-order valence-corrected chi connectivity index (χ1v) is 7.41. The SMILES string of the molecule is CNCC1(C(c2ccc(C(C)C)cc2)N(C)C)CC1. The van der Waals surface area contributed by atoms with E-state index < -0.39 is 0 Å². The molecule has 1 aromatic rings. The first kappa shape index (κ1) is 14.5. The summed E-state index contributed by atoms with van der Waals surface area (Å²) < 4.78 is 0. The van der Waals surface area contributed by atoms with E-state index in [1.54, 1.807) is 0 Å². The number of benzene rings is 1. The summed E-state index contributed by atoms with van der Waals surface area (Å²) in [5.74, 6) is 0.610. The molecule has 1 aliphatic carbocycles. The first-order valence-electron chi connectivity index (χ1n) is 7.41. The molecule has 1 aromatic carbocycles. The number of rotatable bonds is 6. The fourth-order valence-corrected chi connectivity index (χ4v) is 3.32. The van der Waals surface area contributed by atoms with Gasteiger partial charge in [0.2, 0.25) is 0 Å². The van der Waals surface area contributed by atoms with Gasteiger partial charge in [-0.1, -0.05) is 38.1 Å². The van der Waals surface area contributed by atoms with Gasteiger partial charge in [0.15, 0.2) is 0 Å². The van der Waals surface area contributed by atoms with Gasteiger partial charge in [0.25, 0.3) is 0 Å². The highest BCUT2D eigenvalue weighted by atomic mass is 15.1. The number of hydrogen-bond donors (Lipinski definition) is 1. The fourth-order valence-electron chi connectivity index (χ4n) is 3.32. The zero-order valence-electron chi connectivity index (χ0n) is 13.0. The molecular formula is C17H28N2. The van der Waals surface area contributed by atoms with Crippen LogP contribution in [0, 0.1) is 5.41 Å². The van der Waals surface area contributed by atoms with E-state index in [0.29, 0.717) is 17.4 Å². The van der Waals surface area contributed by atoms with Gasteiger partial charge < -0.3 is 10.2 Å². The van der Waals surface area contributed by atoms with Crippen LogP contribution < -0.4 is 5.32 Å². The summed E-state index contributed by atoms with van der Waals surface area (Å²) in [4.78, 5) is 2.38. The molecule has 1 N–H and O–H groups in total. The Morgan fingerprint density at radius 3 is 2.00 bits per heavy atom. The molecule has 2 nitrogen and oxygen atoms in total. The molecule has 0 radical (unpaired) electrons. The minimum atomic E-state index is 0.442. The van der Waals surface area contributed by atoms with Crippen molar-refractivity contribution >= 4 is 0 Å². The fraction of sp³-hybridized carbons (Fsp3) is 0.647. The van der Waals surface area contributed by atoms with Gasteiger partial charge >= 0.3 is 0 Å². The predicted octanol–water partition coefficient (Wildman–Crippen LogP) is 3.41. The van der Waals surface area contributed by atoms with Crippen LogP contribution in [-0.4, -0.2) is 32.6 Å². The minimum Gasteiger partial charge on any atom is -0.319 e. The lowest BCUT2D eigenvalue weighted by Crippen LogP contribution is -2.34. The molecule has 0 heterocycles. The van der Waals surface area contributed by atoms with Crippen molar-refractivity contribution in [1.82, 2.24) is 10.2 Å². The Hall–Kier alpha value is -0.860. The van der Waals surface area contributed by atoms with E-state index in [4.69, 9.17) is 0 Å². The average molecular weight is 260 g/mol. The summed E-state index contributed by atoms with van der Waals surface area (Å²) in [7, 11) is 6.47. The Bertz CT molecular complexity index is 402. The molecule has 2 rings (SSSR count). The molecule has 0 saturated heterocycles. The van der Waals surface area contributed by atoms with Crippen LogP contribution in [0.1, 0.15) is 49.8 Å². The van der Waals surface area contributed by atoms with Crippen molar-refractivity contribution in [3.05, 3.63) is 35.4 Å². The van der Waals surface area contributed by atoms with Crippen LogP contribution in [0.2, 0.25) is 0 Å². The lowest BCUT2D eigenvalue weighted by atomic mass is 9.88. The largest absolute Gasteiger partial charge is 0.319 e. The molecule has 1 aliphatic rings. The van der Waals surface area contributed by atoms with E-state index in [1.165, 1.54) is 24.0 Å². The lowest BCUT2D eigenvalue weighted by molar-refractivity contribution is 0.191. The maximum Gasteiger partial charge on any atom is 0.0410 e. The number of nitrogens with one attached hydrogen (secondary N) is 1. The average Bonchev–Trinajstić information content (AvgIpc) is 3.10. The van der Waals surface area contributed by atoms with Gasteiger partial charge in [0.1, 0.15) is 0 Å². The van der Waals surface area contributed by atoms with Crippen LogP contribution in [0.3, 0.4) is 0 Å². The highest BCUT2D eigenvalue weighted by Crippen LogP contribution is 2.56. The molecule has 106 valence electrons. The zero-order valence-corrected chi connectivity index (χ0v) is 13.0. The molecule has 19 heavy (non-hydrogen) atoms. The summed E-state index contributed by atoms with van der Waals surface area (Å²) in [5.41, 5.74) is 3.33. The Labute approximate surface area is 118 Å². The van der Waals surface area contributed by atoms with Gasteiger partial charge in [-0.2, -0.15) is 0 Å². The third-order valence-electron chi connectivity index (χ3n) is 4.44. The van der Waals surface area contributed by atoms with Gasteiger partial charge in [-0.05, 0) is 51.0 Å². The highest BCUT2D eigenvalue weighted by molar-refractivity contribution is 5.29. The second kappa shape index (κ2) is 5.64. The Morgan fingerprint density at radius 2 is 1.63 bits per heavy atom. The van der Waals surface area contributed by atoms with Gasteiger partial charge in [0, 0.05) is 18.0 Å². The molecule has 2 heteroatoms. The van der Waals surface area contributed by atoms with Crippen LogP contribution in [0.25, 0.3) is 0 Å². The van der Waals surface area contributed by atoms with Crippen molar-refractivity contribution in [2.45, 2.75) is 38.6 Å². The Kier molecular flexibility index (Phi) is 4.32. The lowest BCUT2D eigenvalue weighted by Gasteiger charge is -2.33. The molecule has 1 fully saturated rings. The van der Waals surface area contributed by atoms with Crippen LogP contribution >= 0.6 is 0 Å². The zero-order chi connectivity index (χ0) is 14.0. The van der Waals surface area contributed by atoms with Crippen molar-refractivity contribution in [3.63, 3.8) is 0 Å². The van der Waals surface area contributed by atoms with Crippen molar-refractivity contribution in [1.29, 1.82) is 0 Å². The van der Waals surface area contributed by atoms with Crippen molar-refractivity contribution in [2.24, 2.45) is 5.41 Å². The standard InChI is InChI=1S/C17H28N2/c1-13(2)14-6-8-15(9-7-14)16(19(4)5)17(10-11-17)12-18-3/h6-9,13,16,18H,10-12H2,1-5H3. The molecular weight excluding hydrogens is 232 g/mol. The number of nitrogens with zero attached hydrogens (tertiary/aromatic N) is 1. The predicted molar refractivity (Wildman–Crippen MR) is 82.6 cm³/mol. The first-order chi connectivity index (χ1) is 9.00. The van der Waals surface area contributed by atoms with Crippen LogP contribution in [-0.2, 0) is 0 Å². The number of hydrogen-bond acceptors (Lipinski definition) is 2. The summed E-state index contributed by atoms with van der Waals surface area (Å²) >= 11 is 0. The molecule has 0 spiro atoms. The second-order valence-electron chi connectivity index (χ2n) is 6.58. The second-order valence-corrected chi connectivity index (χ2v) is 6.58. The van der Waals surface area contributed by atoms with Gasteiger partial charge in [0.05, 0.1) is 0 Å². The molecule has 1 saturated carbocycles. The van der Waals surface area contributed by atoms with Gasteiger partial charge in [-0.3, -0.25) is 0 Å². The molecule has 0 aliphatic heterocycles. The summed E-state index contributed by atoms with van der Waals surface area (Å²) in [6.45, 7) is 5.62. The molecule has 1 unspecified atom stereocenters. The Morgan fingerprint density at radius 1 is 1.11 bits per heavy atom. The van der Waals surface area contributed by atoms with E-state index in [-0.39, 0.29) is 0 Å². The van der Waals surface area contributed by atoms with Crippen molar-refractivity contribution < 1.29 is 0 Å². The Balaban J connectivity index is 2.25.